The first-order valence-corrected chi connectivity index (χ1v) is 6.31. The number of carbonyl (C=O) groups is 1. The molecule has 0 spiro atoms. The van der Waals surface area contributed by atoms with Gasteiger partial charge in [0.05, 0.1) is 0 Å². The molecule has 3 rings (SSSR count). The van der Waals surface area contributed by atoms with E-state index < -0.39 is 0 Å². The summed E-state index contributed by atoms with van der Waals surface area (Å²) in [6.45, 7) is 3.25. The number of fused-ring (bicyclic) bond motifs is 1. The Morgan fingerprint density at radius 3 is 3.00 bits per heavy atom. The highest BCUT2D eigenvalue weighted by Crippen LogP contribution is 2.08. The number of hydrogen-bond acceptors (Lipinski definition) is 5. The van der Waals surface area contributed by atoms with Gasteiger partial charge in [0.2, 0.25) is 5.82 Å². The van der Waals surface area contributed by atoms with Gasteiger partial charge in [0.25, 0.3) is 11.7 Å². The minimum Gasteiger partial charge on any atom is -0.381 e. The summed E-state index contributed by atoms with van der Waals surface area (Å²) in [4.78, 5) is 16.4. The molecule has 7 nitrogen and oxygen atoms in total. The van der Waals surface area contributed by atoms with Crippen molar-refractivity contribution in [2.45, 2.75) is 25.8 Å². The molecule has 0 atom stereocenters. The van der Waals surface area contributed by atoms with Crippen LogP contribution in [0.15, 0.2) is 12.3 Å². The number of ether oxygens (including phenoxy) is 1. The predicted octanol–water partition coefficient (Wildman–Crippen LogP) is 0.342. The van der Waals surface area contributed by atoms with Gasteiger partial charge in [-0.05, 0) is 25.8 Å². The molecule has 1 aliphatic rings. The Kier molecular flexibility index (Phi) is 3.12. The lowest BCUT2D eigenvalue weighted by atomic mass is 10.1. The number of hydrogen-bond donors (Lipinski definition) is 1. The smallest absolute Gasteiger partial charge is 0.289 e. The molecule has 7 heteroatoms. The fourth-order valence-corrected chi connectivity index (χ4v) is 2.12. The van der Waals surface area contributed by atoms with Crippen LogP contribution in [0.3, 0.4) is 0 Å². The van der Waals surface area contributed by atoms with E-state index in [2.05, 4.69) is 20.5 Å². The van der Waals surface area contributed by atoms with Gasteiger partial charge in [-0.3, -0.25) is 9.20 Å². The molecule has 0 aromatic carbocycles. The van der Waals surface area contributed by atoms with E-state index >= 15 is 0 Å². The van der Waals surface area contributed by atoms with Gasteiger partial charge in [-0.2, -0.15) is 0 Å². The summed E-state index contributed by atoms with van der Waals surface area (Å²) in [5.41, 5.74) is 0.844. The average molecular weight is 261 g/mol. The number of nitrogens with zero attached hydrogens (tertiary/aromatic N) is 4. The lowest BCUT2D eigenvalue weighted by molar-refractivity contribution is 0.0691. The Bertz CT molecular complexity index is 603. The molecule has 19 heavy (non-hydrogen) atoms. The van der Waals surface area contributed by atoms with Gasteiger partial charge < -0.3 is 10.1 Å². The van der Waals surface area contributed by atoms with E-state index in [1.807, 2.05) is 13.0 Å². The average Bonchev–Trinajstić information content (AvgIpc) is 2.82. The maximum atomic E-state index is 12.2. The van der Waals surface area contributed by atoms with E-state index in [0.29, 0.717) is 19.0 Å². The molecule has 2 aromatic rings. The van der Waals surface area contributed by atoms with Gasteiger partial charge in [-0.15, -0.1) is 10.2 Å². The molecule has 1 amide bonds. The van der Waals surface area contributed by atoms with Gasteiger partial charge in [-0.25, -0.2) is 4.98 Å². The first kappa shape index (κ1) is 12.0. The summed E-state index contributed by atoms with van der Waals surface area (Å²) in [7, 11) is 0. The Hall–Kier alpha value is -2.02. The zero-order chi connectivity index (χ0) is 13.2. The quantitative estimate of drug-likeness (QED) is 0.843. The molecule has 2 aromatic heterocycles. The highest BCUT2D eigenvalue weighted by Gasteiger charge is 2.20. The summed E-state index contributed by atoms with van der Waals surface area (Å²) < 4.78 is 6.86. The molecule has 0 saturated carbocycles. The molecule has 0 radical (unpaired) electrons. The Morgan fingerprint density at radius 1 is 1.42 bits per heavy atom. The topological polar surface area (TPSA) is 81.4 Å². The third kappa shape index (κ3) is 2.41. The second-order valence-corrected chi connectivity index (χ2v) is 4.62. The Balaban J connectivity index is 1.81. The fraction of sp³-hybridized carbons (Fsp3) is 0.500. The van der Waals surface area contributed by atoms with Crippen molar-refractivity contribution in [2.75, 3.05) is 13.2 Å². The Morgan fingerprint density at radius 2 is 2.21 bits per heavy atom. The third-order valence-electron chi connectivity index (χ3n) is 3.18. The van der Waals surface area contributed by atoms with E-state index in [9.17, 15) is 4.79 Å². The van der Waals surface area contributed by atoms with Crippen LogP contribution in [0.4, 0.5) is 0 Å². The highest BCUT2D eigenvalue weighted by atomic mass is 16.5. The predicted molar refractivity (Wildman–Crippen MR) is 66.8 cm³/mol. The number of nitrogens with one attached hydrogen (secondary N) is 1. The van der Waals surface area contributed by atoms with Crippen LogP contribution >= 0.6 is 0 Å². The zero-order valence-electron chi connectivity index (χ0n) is 10.7. The van der Waals surface area contributed by atoms with E-state index in [1.54, 1.807) is 10.6 Å². The van der Waals surface area contributed by atoms with E-state index in [4.69, 9.17) is 4.74 Å². The first-order valence-electron chi connectivity index (χ1n) is 6.31. The van der Waals surface area contributed by atoms with Crippen LogP contribution in [0, 0.1) is 6.92 Å². The van der Waals surface area contributed by atoms with Crippen molar-refractivity contribution in [3.63, 3.8) is 0 Å². The minimum absolute atomic E-state index is 0.145. The fourth-order valence-electron chi connectivity index (χ4n) is 2.12. The standard InChI is InChI=1S/C12H15N5O2/c1-8-2-5-17-10(15-16-12(17)13-8)11(18)14-9-3-6-19-7-4-9/h2,5,9H,3-4,6-7H2,1H3,(H,14,18). The summed E-state index contributed by atoms with van der Waals surface area (Å²) in [6, 6.07) is 1.97. The summed E-state index contributed by atoms with van der Waals surface area (Å²) in [5.74, 6) is 0.496. The molecule has 1 N–H and O–H groups in total. The van der Waals surface area contributed by atoms with Gasteiger partial charge >= 0.3 is 0 Å². The van der Waals surface area contributed by atoms with E-state index in [-0.39, 0.29) is 17.8 Å². The number of carbonyl (C=O) groups excluding carboxylic acids is 1. The third-order valence-corrected chi connectivity index (χ3v) is 3.18. The SMILES string of the molecule is Cc1ccn2c(C(=O)NC3CCOCC3)nnc2n1. The molecule has 1 fully saturated rings. The molecule has 0 unspecified atom stereocenters. The number of aromatic nitrogens is 4. The van der Waals surface area contributed by atoms with Crippen molar-refractivity contribution < 1.29 is 9.53 Å². The van der Waals surface area contributed by atoms with E-state index in [1.165, 1.54) is 0 Å². The van der Waals surface area contributed by atoms with Crippen LogP contribution < -0.4 is 5.32 Å². The second-order valence-electron chi connectivity index (χ2n) is 4.62. The summed E-state index contributed by atoms with van der Waals surface area (Å²) in [6.07, 6.45) is 3.43. The molecule has 1 aliphatic heterocycles. The van der Waals surface area contributed by atoms with E-state index in [0.717, 1.165) is 18.5 Å². The Labute approximate surface area is 110 Å². The minimum atomic E-state index is -0.218. The highest BCUT2D eigenvalue weighted by molar-refractivity contribution is 5.91. The van der Waals surface area contributed by atoms with Crippen molar-refractivity contribution >= 4 is 11.7 Å². The largest absolute Gasteiger partial charge is 0.381 e. The van der Waals surface area contributed by atoms with Crippen molar-refractivity contribution in [3.8, 4) is 0 Å². The molecular formula is C12H15N5O2. The van der Waals surface area contributed by atoms with Gasteiger partial charge in [0.1, 0.15) is 0 Å². The lowest BCUT2D eigenvalue weighted by Crippen LogP contribution is -2.39. The van der Waals surface area contributed by atoms with Crippen LogP contribution in [-0.2, 0) is 4.74 Å². The monoisotopic (exact) mass is 261 g/mol. The van der Waals surface area contributed by atoms with Gasteiger partial charge in [0, 0.05) is 31.1 Å². The van der Waals surface area contributed by atoms with Crippen LogP contribution in [0.2, 0.25) is 0 Å². The normalized spacial score (nSPS) is 16.7. The maximum Gasteiger partial charge on any atom is 0.289 e. The maximum absolute atomic E-state index is 12.2. The molecule has 1 saturated heterocycles. The van der Waals surface area contributed by atoms with Crippen LogP contribution in [0.25, 0.3) is 5.78 Å². The lowest BCUT2D eigenvalue weighted by Gasteiger charge is -2.22. The van der Waals surface area contributed by atoms with Crippen LogP contribution in [-0.4, -0.2) is 44.7 Å². The van der Waals surface area contributed by atoms with Crippen molar-refractivity contribution in [1.29, 1.82) is 0 Å². The first-order chi connectivity index (χ1) is 9.24. The second kappa shape index (κ2) is 4.93. The van der Waals surface area contributed by atoms with Gasteiger partial charge in [0.15, 0.2) is 0 Å². The van der Waals surface area contributed by atoms with Gasteiger partial charge in [-0.1, -0.05) is 0 Å². The summed E-state index contributed by atoms with van der Waals surface area (Å²) in [5, 5.41) is 10.8. The molecule has 0 bridgehead atoms. The van der Waals surface area contributed by atoms with Crippen molar-refractivity contribution in [2.24, 2.45) is 0 Å². The molecule has 0 aliphatic carbocycles. The molecule has 3 heterocycles. The summed E-state index contributed by atoms with van der Waals surface area (Å²) >= 11 is 0. The number of aryl methyl sites for hydroxylation is 1. The van der Waals surface area contributed by atoms with Crippen LogP contribution in [0.5, 0.6) is 0 Å². The van der Waals surface area contributed by atoms with Crippen molar-refractivity contribution in [3.05, 3.63) is 23.8 Å². The molecule has 100 valence electrons. The zero-order valence-corrected chi connectivity index (χ0v) is 10.7. The molecular weight excluding hydrogens is 246 g/mol. The van der Waals surface area contributed by atoms with Crippen LogP contribution in [0.1, 0.15) is 29.2 Å². The number of rotatable bonds is 2. The van der Waals surface area contributed by atoms with Crippen molar-refractivity contribution in [1.82, 2.24) is 24.9 Å². The number of amides is 1.